The molecule has 2 unspecified atom stereocenters. The third-order valence-electron chi connectivity index (χ3n) is 4.21. The van der Waals surface area contributed by atoms with Crippen LogP contribution in [-0.4, -0.2) is 24.0 Å². The number of fused-ring (bicyclic) bond motifs is 1. The number of hydrogen-bond donors (Lipinski definition) is 1. The van der Waals surface area contributed by atoms with Gasteiger partial charge in [0.2, 0.25) is 0 Å². The molecular formula is C16H22N2OS. The second-order valence-electron chi connectivity index (χ2n) is 5.52. The number of furan rings is 1. The van der Waals surface area contributed by atoms with Crippen molar-refractivity contribution >= 4 is 11.3 Å². The van der Waals surface area contributed by atoms with E-state index in [4.69, 9.17) is 4.42 Å². The molecule has 0 amide bonds. The van der Waals surface area contributed by atoms with E-state index < -0.39 is 0 Å². The van der Waals surface area contributed by atoms with Crippen molar-refractivity contribution in [2.24, 2.45) is 0 Å². The summed E-state index contributed by atoms with van der Waals surface area (Å²) in [7, 11) is 0. The van der Waals surface area contributed by atoms with E-state index in [0.29, 0.717) is 12.1 Å². The van der Waals surface area contributed by atoms with Crippen molar-refractivity contribution in [2.45, 2.75) is 38.9 Å². The molecule has 4 heteroatoms. The lowest BCUT2D eigenvalue weighted by Gasteiger charge is -2.38. The Balaban J connectivity index is 1.54. The van der Waals surface area contributed by atoms with Gasteiger partial charge in [0.25, 0.3) is 0 Å². The highest BCUT2D eigenvalue weighted by Gasteiger charge is 2.27. The highest BCUT2D eigenvalue weighted by atomic mass is 32.1. The summed E-state index contributed by atoms with van der Waals surface area (Å²) in [5.74, 6) is 1.00. The van der Waals surface area contributed by atoms with Gasteiger partial charge in [-0.15, -0.1) is 11.3 Å². The summed E-state index contributed by atoms with van der Waals surface area (Å²) in [5.41, 5.74) is 1.53. The predicted octanol–water partition coefficient (Wildman–Crippen LogP) is 3.44. The SMILES string of the molecule is CC(CNCc1ccco1)N1CCc2sccc2C1C. The Labute approximate surface area is 124 Å². The topological polar surface area (TPSA) is 28.4 Å². The molecule has 0 saturated heterocycles. The lowest BCUT2D eigenvalue weighted by Crippen LogP contribution is -2.44. The number of nitrogens with one attached hydrogen (secondary N) is 1. The molecule has 0 aliphatic carbocycles. The van der Waals surface area contributed by atoms with Crippen LogP contribution >= 0.6 is 11.3 Å². The molecule has 3 rings (SSSR count). The standard InChI is InChI=1S/C16H22N2OS/c1-12(10-17-11-14-4-3-8-19-14)18-7-5-16-15(13(18)2)6-9-20-16/h3-4,6,8-9,12-13,17H,5,7,10-11H2,1-2H3. The number of hydrogen-bond acceptors (Lipinski definition) is 4. The molecule has 0 saturated carbocycles. The van der Waals surface area contributed by atoms with E-state index in [1.54, 1.807) is 11.1 Å². The fourth-order valence-corrected chi connectivity index (χ4v) is 4.03. The largest absolute Gasteiger partial charge is 0.468 e. The summed E-state index contributed by atoms with van der Waals surface area (Å²) < 4.78 is 5.34. The van der Waals surface area contributed by atoms with E-state index in [-0.39, 0.29) is 0 Å². The van der Waals surface area contributed by atoms with Crippen LogP contribution in [0.2, 0.25) is 0 Å². The maximum Gasteiger partial charge on any atom is 0.117 e. The number of nitrogens with zero attached hydrogens (tertiary/aromatic N) is 1. The average molecular weight is 290 g/mol. The minimum absolute atomic E-state index is 0.533. The van der Waals surface area contributed by atoms with Gasteiger partial charge >= 0.3 is 0 Å². The first-order chi connectivity index (χ1) is 9.75. The van der Waals surface area contributed by atoms with Crippen LogP contribution in [-0.2, 0) is 13.0 Å². The molecule has 1 aliphatic heterocycles. The zero-order valence-corrected chi connectivity index (χ0v) is 13.0. The Morgan fingerprint density at radius 1 is 1.50 bits per heavy atom. The van der Waals surface area contributed by atoms with E-state index in [9.17, 15) is 0 Å². The molecule has 0 radical (unpaired) electrons. The lowest BCUT2D eigenvalue weighted by atomic mass is 9.99. The fraction of sp³-hybridized carbons (Fsp3) is 0.500. The van der Waals surface area contributed by atoms with Crippen molar-refractivity contribution in [3.05, 3.63) is 46.0 Å². The van der Waals surface area contributed by atoms with Gasteiger partial charge in [-0.25, -0.2) is 0 Å². The molecule has 1 aliphatic rings. The van der Waals surface area contributed by atoms with E-state index in [1.807, 2.05) is 23.5 Å². The summed E-state index contributed by atoms with van der Waals surface area (Å²) in [4.78, 5) is 4.17. The number of rotatable bonds is 5. The molecule has 3 heterocycles. The molecule has 3 nitrogen and oxygen atoms in total. The maximum absolute atomic E-state index is 5.34. The molecular weight excluding hydrogens is 268 g/mol. The first kappa shape index (κ1) is 13.9. The van der Waals surface area contributed by atoms with Crippen LogP contribution in [0.4, 0.5) is 0 Å². The zero-order chi connectivity index (χ0) is 13.9. The Morgan fingerprint density at radius 3 is 3.20 bits per heavy atom. The molecule has 0 fully saturated rings. The minimum atomic E-state index is 0.533. The Bertz CT molecular complexity index is 534. The van der Waals surface area contributed by atoms with Crippen molar-refractivity contribution in [2.75, 3.05) is 13.1 Å². The Morgan fingerprint density at radius 2 is 2.40 bits per heavy atom. The van der Waals surface area contributed by atoms with Gasteiger partial charge in [-0.2, -0.15) is 0 Å². The smallest absolute Gasteiger partial charge is 0.117 e. The second-order valence-corrected chi connectivity index (χ2v) is 6.52. The van der Waals surface area contributed by atoms with Gasteiger partial charge in [-0.05, 0) is 49.4 Å². The molecule has 2 atom stereocenters. The molecule has 2 aromatic rings. The van der Waals surface area contributed by atoms with Gasteiger partial charge in [0.05, 0.1) is 12.8 Å². The molecule has 0 aromatic carbocycles. The minimum Gasteiger partial charge on any atom is -0.468 e. The van der Waals surface area contributed by atoms with Crippen molar-refractivity contribution in [1.82, 2.24) is 10.2 Å². The summed E-state index contributed by atoms with van der Waals surface area (Å²) in [6, 6.07) is 7.31. The van der Waals surface area contributed by atoms with Gasteiger partial charge in [0, 0.05) is 30.1 Å². The fourth-order valence-electron chi connectivity index (χ4n) is 3.07. The Kier molecular flexibility index (Phi) is 4.24. The molecule has 108 valence electrons. The number of thiophene rings is 1. The van der Waals surface area contributed by atoms with E-state index >= 15 is 0 Å². The molecule has 0 bridgehead atoms. The van der Waals surface area contributed by atoms with Crippen LogP contribution in [0.25, 0.3) is 0 Å². The van der Waals surface area contributed by atoms with Crippen LogP contribution in [0.1, 0.15) is 36.1 Å². The highest BCUT2D eigenvalue weighted by Crippen LogP contribution is 2.33. The summed E-state index contributed by atoms with van der Waals surface area (Å²) >= 11 is 1.90. The molecule has 0 spiro atoms. The van der Waals surface area contributed by atoms with E-state index in [0.717, 1.165) is 25.4 Å². The monoisotopic (exact) mass is 290 g/mol. The van der Waals surface area contributed by atoms with Crippen molar-refractivity contribution < 1.29 is 4.42 Å². The zero-order valence-electron chi connectivity index (χ0n) is 12.1. The van der Waals surface area contributed by atoms with E-state index in [1.165, 1.54) is 12.0 Å². The lowest BCUT2D eigenvalue weighted by molar-refractivity contribution is 0.142. The van der Waals surface area contributed by atoms with Crippen LogP contribution < -0.4 is 5.32 Å². The van der Waals surface area contributed by atoms with E-state index in [2.05, 4.69) is 35.5 Å². The van der Waals surface area contributed by atoms with Crippen LogP contribution in [0.3, 0.4) is 0 Å². The quantitative estimate of drug-likeness (QED) is 0.914. The summed E-state index contributed by atoms with van der Waals surface area (Å²) in [5, 5.41) is 5.72. The molecule has 20 heavy (non-hydrogen) atoms. The first-order valence-electron chi connectivity index (χ1n) is 7.31. The van der Waals surface area contributed by atoms with Gasteiger partial charge < -0.3 is 9.73 Å². The third-order valence-corrected chi connectivity index (χ3v) is 5.21. The van der Waals surface area contributed by atoms with Gasteiger partial charge in [-0.3, -0.25) is 4.90 Å². The Hall–Kier alpha value is -1.10. The third kappa shape index (κ3) is 2.82. The average Bonchev–Trinajstić information content (AvgIpc) is 3.09. The molecule has 2 aromatic heterocycles. The first-order valence-corrected chi connectivity index (χ1v) is 8.19. The van der Waals surface area contributed by atoms with Gasteiger partial charge in [-0.1, -0.05) is 0 Å². The highest BCUT2D eigenvalue weighted by molar-refractivity contribution is 7.10. The van der Waals surface area contributed by atoms with Gasteiger partial charge in [0.15, 0.2) is 0 Å². The van der Waals surface area contributed by atoms with Crippen molar-refractivity contribution in [3.8, 4) is 0 Å². The normalized spacial score (nSPS) is 20.8. The summed E-state index contributed by atoms with van der Waals surface area (Å²) in [6.07, 6.45) is 2.92. The second kappa shape index (κ2) is 6.12. The van der Waals surface area contributed by atoms with Crippen LogP contribution in [0, 0.1) is 0 Å². The van der Waals surface area contributed by atoms with Crippen molar-refractivity contribution in [3.63, 3.8) is 0 Å². The summed E-state index contributed by atoms with van der Waals surface area (Å²) in [6.45, 7) is 7.60. The van der Waals surface area contributed by atoms with Crippen molar-refractivity contribution in [1.29, 1.82) is 0 Å². The van der Waals surface area contributed by atoms with Gasteiger partial charge in [0.1, 0.15) is 5.76 Å². The van der Waals surface area contributed by atoms with Crippen LogP contribution in [0.15, 0.2) is 34.3 Å². The maximum atomic E-state index is 5.34. The van der Waals surface area contributed by atoms with Crippen LogP contribution in [0.5, 0.6) is 0 Å². The predicted molar refractivity (Wildman–Crippen MR) is 83.0 cm³/mol. The molecule has 1 N–H and O–H groups in total.